The third-order valence-corrected chi connectivity index (χ3v) is 2.63. The number of benzene rings is 1. The minimum atomic E-state index is -0.131. The molecular weight excluding hydrogens is 246 g/mol. The van der Waals surface area contributed by atoms with Crippen molar-refractivity contribution in [2.24, 2.45) is 0 Å². The number of aromatic nitrogens is 1. The number of rotatable bonds is 1. The van der Waals surface area contributed by atoms with E-state index in [-0.39, 0.29) is 5.56 Å². The number of halogens is 1. The molecule has 1 aromatic carbocycles. The second-order valence-corrected chi connectivity index (χ2v) is 3.72. The summed E-state index contributed by atoms with van der Waals surface area (Å²) >= 11 is 3.36. The number of fused-ring (bicyclic) bond motifs is 1. The van der Waals surface area contributed by atoms with Crippen molar-refractivity contribution < 1.29 is 4.74 Å². The molecule has 1 heterocycles. The van der Waals surface area contributed by atoms with Gasteiger partial charge < -0.3 is 9.72 Å². The van der Waals surface area contributed by atoms with Crippen LogP contribution in [0.5, 0.6) is 5.75 Å². The number of nitrogens with one attached hydrogen (secondary N) is 1. The predicted octanol–water partition coefficient (Wildman–Crippen LogP) is 2.30. The summed E-state index contributed by atoms with van der Waals surface area (Å²) in [7, 11) is 1.57. The summed E-state index contributed by atoms with van der Waals surface area (Å²) in [5, 5.41) is 0.949. The Kier molecular flexibility index (Phi) is 2.29. The summed E-state index contributed by atoms with van der Waals surface area (Å²) in [5.41, 5.74) is 0.586. The molecule has 0 bridgehead atoms. The molecule has 2 rings (SSSR count). The van der Waals surface area contributed by atoms with Gasteiger partial charge in [0.15, 0.2) is 5.75 Å². The third kappa shape index (κ3) is 1.42. The zero-order chi connectivity index (χ0) is 10.1. The zero-order valence-corrected chi connectivity index (χ0v) is 9.09. The van der Waals surface area contributed by atoms with Gasteiger partial charge in [0.1, 0.15) is 0 Å². The Bertz CT molecular complexity index is 533. The number of H-pyrrole nitrogens is 1. The molecule has 0 aliphatic heterocycles. The maximum absolute atomic E-state index is 11.1. The Labute approximate surface area is 88.8 Å². The zero-order valence-electron chi connectivity index (χ0n) is 7.50. The van der Waals surface area contributed by atoms with E-state index in [1.54, 1.807) is 13.2 Å². The van der Waals surface area contributed by atoms with Gasteiger partial charge in [-0.1, -0.05) is 6.07 Å². The summed E-state index contributed by atoms with van der Waals surface area (Å²) < 4.78 is 6.02. The van der Waals surface area contributed by atoms with Crippen LogP contribution in [0, 0.1) is 0 Å². The monoisotopic (exact) mass is 253 g/mol. The molecule has 0 unspecified atom stereocenters. The topological polar surface area (TPSA) is 42.1 Å². The highest BCUT2D eigenvalue weighted by molar-refractivity contribution is 9.10. The van der Waals surface area contributed by atoms with Crippen molar-refractivity contribution in [2.75, 3.05) is 7.11 Å². The Balaban J connectivity index is 2.91. The van der Waals surface area contributed by atoms with Crippen LogP contribution in [-0.2, 0) is 0 Å². The lowest BCUT2D eigenvalue weighted by Crippen LogP contribution is -2.03. The quantitative estimate of drug-likeness (QED) is 0.848. The van der Waals surface area contributed by atoms with Crippen molar-refractivity contribution in [3.63, 3.8) is 0 Å². The second kappa shape index (κ2) is 3.46. The number of pyridine rings is 1. The van der Waals surface area contributed by atoms with Crippen LogP contribution < -0.4 is 10.3 Å². The smallest absolute Gasteiger partial charge is 0.248 e. The van der Waals surface area contributed by atoms with E-state index < -0.39 is 0 Å². The van der Waals surface area contributed by atoms with Gasteiger partial charge in [0.25, 0.3) is 0 Å². The molecule has 72 valence electrons. The van der Waals surface area contributed by atoms with E-state index in [2.05, 4.69) is 20.9 Å². The molecule has 0 saturated carbocycles. The average Bonchev–Trinajstić information content (AvgIpc) is 2.17. The highest BCUT2D eigenvalue weighted by atomic mass is 79.9. The van der Waals surface area contributed by atoms with Gasteiger partial charge in [-0.05, 0) is 28.1 Å². The Hall–Kier alpha value is -1.29. The van der Waals surface area contributed by atoms with E-state index in [0.717, 1.165) is 15.4 Å². The van der Waals surface area contributed by atoms with Crippen LogP contribution in [0.4, 0.5) is 0 Å². The molecule has 4 heteroatoms. The summed E-state index contributed by atoms with van der Waals surface area (Å²) in [6, 6.07) is 7.07. The van der Waals surface area contributed by atoms with Crippen LogP contribution in [0.3, 0.4) is 0 Å². The standard InChI is InChI=1S/C10H8BrNO2/c1-14-10-7(11)4-2-6-3-5-8(13)12-9(6)10/h2-5H,1H3,(H,12,13). The molecule has 0 amide bonds. The second-order valence-electron chi connectivity index (χ2n) is 2.87. The molecule has 14 heavy (non-hydrogen) atoms. The minimum Gasteiger partial charge on any atom is -0.493 e. The summed E-state index contributed by atoms with van der Waals surface area (Å²) in [6.07, 6.45) is 0. The van der Waals surface area contributed by atoms with Crippen molar-refractivity contribution in [2.45, 2.75) is 0 Å². The van der Waals surface area contributed by atoms with E-state index in [1.165, 1.54) is 6.07 Å². The van der Waals surface area contributed by atoms with Crippen molar-refractivity contribution in [3.05, 3.63) is 39.1 Å². The molecule has 0 aliphatic carbocycles. The molecule has 0 radical (unpaired) electrons. The molecule has 3 nitrogen and oxygen atoms in total. The number of methoxy groups -OCH3 is 1. The normalized spacial score (nSPS) is 10.4. The van der Waals surface area contributed by atoms with Gasteiger partial charge >= 0.3 is 0 Å². The first kappa shape index (κ1) is 9.27. The highest BCUT2D eigenvalue weighted by Crippen LogP contribution is 2.31. The third-order valence-electron chi connectivity index (χ3n) is 2.01. The van der Waals surface area contributed by atoms with Gasteiger partial charge in [-0.15, -0.1) is 0 Å². The fourth-order valence-corrected chi connectivity index (χ4v) is 1.86. The number of aromatic amines is 1. The van der Waals surface area contributed by atoms with Gasteiger partial charge in [0.2, 0.25) is 5.56 Å². The van der Waals surface area contributed by atoms with Gasteiger partial charge in [-0.3, -0.25) is 4.79 Å². The first-order valence-electron chi connectivity index (χ1n) is 4.08. The molecule has 0 fully saturated rings. The van der Waals surface area contributed by atoms with Crippen LogP contribution in [0.25, 0.3) is 10.9 Å². The highest BCUT2D eigenvalue weighted by Gasteiger charge is 2.05. The molecule has 0 saturated heterocycles. The van der Waals surface area contributed by atoms with Crippen LogP contribution in [0.1, 0.15) is 0 Å². The van der Waals surface area contributed by atoms with Crippen LogP contribution in [0.2, 0.25) is 0 Å². The number of ether oxygens (including phenoxy) is 1. The Morgan fingerprint density at radius 2 is 2.00 bits per heavy atom. The van der Waals surface area contributed by atoms with Crippen LogP contribution in [0.15, 0.2) is 33.5 Å². The van der Waals surface area contributed by atoms with Crippen molar-refractivity contribution in [1.82, 2.24) is 4.98 Å². The molecule has 0 spiro atoms. The fourth-order valence-electron chi connectivity index (χ4n) is 1.37. The van der Waals surface area contributed by atoms with Gasteiger partial charge in [-0.2, -0.15) is 0 Å². The fraction of sp³-hybridized carbons (Fsp3) is 0.100. The molecular formula is C10H8BrNO2. The molecule has 1 N–H and O–H groups in total. The average molecular weight is 254 g/mol. The lowest BCUT2D eigenvalue weighted by molar-refractivity contribution is 0.416. The molecule has 0 atom stereocenters. The Morgan fingerprint density at radius 3 is 2.71 bits per heavy atom. The number of hydrogen-bond acceptors (Lipinski definition) is 2. The first-order valence-corrected chi connectivity index (χ1v) is 4.87. The minimum absolute atomic E-state index is 0.131. The SMILES string of the molecule is COc1c(Br)ccc2ccc(=O)[nH]c12. The van der Waals surface area contributed by atoms with E-state index in [9.17, 15) is 4.79 Å². The molecule has 1 aromatic heterocycles. The summed E-state index contributed by atoms with van der Waals surface area (Å²) in [6.45, 7) is 0. The van der Waals surface area contributed by atoms with Crippen LogP contribution >= 0.6 is 15.9 Å². The van der Waals surface area contributed by atoms with E-state index in [0.29, 0.717) is 5.75 Å². The summed E-state index contributed by atoms with van der Waals surface area (Å²) in [4.78, 5) is 13.9. The van der Waals surface area contributed by atoms with Crippen molar-refractivity contribution in [1.29, 1.82) is 0 Å². The first-order chi connectivity index (χ1) is 6.72. The van der Waals surface area contributed by atoms with Gasteiger partial charge in [0.05, 0.1) is 17.1 Å². The van der Waals surface area contributed by atoms with E-state index in [1.807, 2.05) is 12.1 Å². The van der Waals surface area contributed by atoms with Gasteiger partial charge in [0, 0.05) is 11.5 Å². The van der Waals surface area contributed by atoms with Crippen molar-refractivity contribution >= 4 is 26.8 Å². The maximum atomic E-state index is 11.1. The Morgan fingerprint density at radius 1 is 1.29 bits per heavy atom. The maximum Gasteiger partial charge on any atom is 0.248 e. The lowest BCUT2D eigenvalue weighted by atomic mass is 10.2. The van der Waals surface area contributed by atoms with Crippen LogP contribution in [-0.4, -0.2) is 12.1 Å². The van der Waals surface area contributed by atoms with Gasteiger partial charge in [-0.25, -0.2) is 0 Å². The molecule has 2 aromatic rings. The van der Waals surface area contributed by atoms with E-state index >= 15 is 0 Å². The molecule has 0 aliphatic rings. The number of hydrogen-bond donors (Lipinski definition) is 1. The van der Waals surface area contributed by atoms with Crippen molar-refractivity contribution in [3.8, 4) is 5.75 Å². The van der Waals surface area contributed by atoms with E-state index in [4.69, 9.17) is 4.74 Å². The predicted molar refractivity (Wildman–Crippen MR) is 58.8 cm³/mol. The lowest BCUT2D eigenvalue weighted by Gasteiger charge is -2.06. The summed E-state index contributed by atoms with van der Waals surface area (Å²) in [5.74, 6) is 0.653. The largest absolute Gasteiger partial charge is 0.493 e.